The van der Waals surface area contributed by atoms with Crippen LogP contribution in [0.3, 0.4) is 0 Å². The van der Waals surface area contributed by atoms with Crippen molar-refractivity contribution in [2.45, 2.75) is 45.2 Å². The normalized spacial score (nSPS) is 41.5. The molecule has 0 spiro atoms. The van der Waals surface area contributed by atoms with Crippen LogP contribution < -0.4 is 10.6 Å². The van der Waals surface area contributed by atoms with Gasteiger partial charge in [0.2, 0.25) is 0 Å². The topological polar surface area (TPSA) is 24.1 Å². The molecule has 1 saturated carbocycles. The molecular formula is C11H22N2. The van der Waals surface area contributed by atoms with E-state index >= 15 is 0 Å². The minimum Gasteiger partial charge on any atom is -0.317 e. The maximum absolute atomic E-state index is 3.80. The van der Waals surface area contributed by atoms with Gasteiger partial charge in [-0.05, 0) is 44.2 Å². The van der Waals surface area contributed by atoms with Crippen molar-refractivity contribution in [2.24, 2.45) is 11.8 Å². The first-order valence-corrected chi connectivity index (χ1v) is 5.74. The molecule has 1 aliphatic heterocycles. The van der Waals surface area contributed by atoms with Crippen LogP contribution in [-0.2, 0) is 0 Å². The fourth-order valence-corrected chi connectivity index (χ4v) is 2.54. The summed E-state index contributed by atoms with van der Waals surface area (Å²) >= 11 is 0. The highest BCUT2D eigenvalue weighted by molar-refractivity contribution is 4.92. The molecule has 0 aromatic heterocycles. The highest BCUT2D eigenvalue weighted by atomic mass is 15.0. The van der Waals surface area contributed by atoms with Gasteiger partial charge in [0.1, 0.15) is 0 Å². The summed E-state index contributed by atoms with van der Waals surface area (Å²) in [5.74, 6) is 1.84. The van der Waals surface area contributed by atoms with Gasteiger partial charge in [0.25, 0.3) is 0 Å². The van der Waals surface area contributed by atoms with Crippen molar-refractivity contribution < 1.29 is 0 Å². The Morgan fingerprint density at radius 2 is 1.85 bits per heavy atom. The van der Waals surface area contributed by atoms with E-state index < -0.39 is 0 Å². The summed E-state index contributed by atoms with van der Waals surface area (Å²) in [6.07, 6.45) is 4.03. The van der Waals surface area contributed by atoms with Crippen LogP contribution in [0.2, 0.25) is 0 Å². The highest BCUT2D eigenvalue weighted by Crippen LogP contribution is 2.34. The van der Waals surface area contributed by atoms with Crippen molar-refractivity contribution in [1.29, 1.82) is 0 Å². The molecule has 0 aromatic carbocycles. The maximum Gasteiger partial charge on any atom is 0.0100 e. The number of piperidine rings is 1. The Balaban J connectivity index is 1.72. The molecule has 1 aliphatic carbocycles. The molecule has 2 heteroatoms. The van der Waals surface area contributed by atoms with E-state index in [0.29, 0.717) is 0 Å². The first kappa shape index (κ1) is 9.47. The van der Waals surface area contributed by atoms with Crippen molar-refractivity contribution in [3.8, 4) is 0 Å². The van der Waals surface area contributed by atoms with E-state index in [1.54, 1.807) is 0 Å². The largest absolute Gasteiger partial charge is 0.317 e. The number of hydrogen-bond acceptors (Lipinski definition) is 2. The molecule has 1 saturated heterocycles. The monoisotopic (exact) mass is 182 g/mol. The van der Waals surface area contributed by atoms with Gasteiger partial charge in [-0.2, -0.15) is 0 Å². The third kappa shape index (κ3) is 2.05. The molecule has 2 aliphatic rings. The molecule has 0 bridgehead atoms. The molecule has 13 heavy (non-hydrogen) atoms. The minimum atomic E-state index is 0.793. The molecule has 1 heterocycles. The Labute approximate surface area is 81.5 Å². The lowest BCUT2D eigenvalue weighted by atomic mass is 9.71. The predicted octanol–water partition coefficient (Wildman–Crippen LogP) is 1.37. The number of hydrogen-bond donors (Lipinski definition) is 2. The quantitative estimate of drug-likeness (QED) is 0.674. The van der Waals surface area contributed by atoms with Gasteiger partial charge in [-0.15, -0.1) is 0 Å². The molecule has 2 rings (SSSR count). The lowest BCUT2D eigenvalue weighted by molar-refractivity contribution is 0.119. The summed E-state index contributed by atoms with van der Waals surface area (Å²) in [5, 5.41) is 7.20. The van der Waals surface area contributed by atoms with Crippen LogP contribution in [0.1, 0.15) is 33.1 Å². The molecular weight excluding hydrogens is 160 g/mol. The van der Waals surface area contributed by atoms with Gasteiger partial charge in [-0.3, -0.25) is 0 Å². The Hall–Kier alpha value is -0.0800. The second-order valence-electron chi connectivity index (χ2n) is 4.87. The lowest BCUT2D eigenvalue weighted by Crippen LogP contribution is -2.53. The summed E-state index contributed by atoms with van der Waals surface area (Å²) in [5.41, 5.74) is 0. The smallest absolute Gasteiger partial charge is 0.0100 e. The molecule has 0 radical (unpaired) electrons. The van der Waals surface area contributed by atoms with Crippen LogP contribution in [0.25, 0.3) is 0 Å². The number of nitrogens with one attached hydrogen (secondary N) is 2. The van der Waals surface area contributed by atoms with Crippen molar-refractivity contribution in [3.05, 3.63) is 0 Å². The molecule has 2 nitrogen and oxygen atoms in total. The maximum atomic E-state index is 3.80. The van der Waals surface area contributed by atoms with E-state index in [4.69, 9.17) is 0 Å². The Kier molecular flexibility index (Phi) is 2.89. The predicted molar refractivity (Wildman–Crippen MR) is 55.8 cm³/mol. The summed E-state index contributed by atoms with van der Waals surface area (Å²) in [6, 6.07) is 1.61. The van der Waals surface area contributed by atoms with Crippen LogP contribution in [-0.4, -0.2) is 25.2 Å². The molecule has 3 atom stereocenters. The van der Waals surface area contributed by atoms with Gasteiger partial charge in [0, 0.05) is 12.1 Å². The average Bonchev–Trinajstić information content (AvgIpc) is 2.19. The molecule has 0 aromatic rings. The summed E-state index contributed by atoms with van der Waals surface area (Å²) in [7, 11) is 0. The van der Waals surface area contributed by atoms with E-state index in [-0.39, 0.29) is 0 Å². The van der Waals surface area contributed by atoms with E-state index in [1.165, 1.54) is 32.4 Å². The molecule has 0 amide bonds. The van der Waals surface area contributed by atoms with E-state index in [9.17, 15) is 0 Å². The molecule has 3 unspecified atom stereocenters. The van der Waals surface area contributed by atoms with Gasteiger partial charge >= 0.3 is 0 Å². The van der Waals surface area contributed by atoms with Gasteiger partial charge in [0.05, 0.1) is 0 Å². The Morgan fingerprint density at radius 3 is 2.38 bits per heavy atom. The van der Waals surface area contributed by atoms with Crippen LogP contribution >= 0.6 is 0 Å². The summed E-state index contributed by atoms with van der Waals surface area (Å²) in [6.45, 7) is 7.15. The van der Waals surface area contributed by atoms with Gasteiger partial charge < -0.3 is 10.6 Å². The highest BCUT2D eigenvalue weighted by Gasteiger charge is 2.35. The summed E-state index contributed by atoms with van der Waals surface area (Å²) < 4.78 is 0. The zero-order valence-electron chi connectivity index (χ0n) is 8.84. The van der Waals surface area contributed by atoms with Crippen LogP contribution in [0.15, 0.2) is 0 Å². The third-order valence-corrected chi connectivity index (χ3v) is 3.95. The van der Waals surface area contributed by atoms with Gasteiger partial charge in [-0.1, -0.05) is 13.8 Å². The third-order valence-electron chi connectivity index (χ3n) is 3.95. The first-order chi connectivity index (χ1) is 6.27. The Morgan fingerprint density at radius 1 is 1.15 bits per heavy atom. The Bertz CT molecular complexity index is 161. The van der Waals surface area contributed by atoms with Gasteiger partial charge in [0.15, 0.2) is 0 Å². The van der Waals surface area contributed by atoms with E-state index in [0.717, 1.165) is 23.9 Å². The molecule has 76 valence electrons. The standard InChI is InChI=1S/C11H22N2/c1-8-7-11(9(8)2)13-10-3-5-12-6-4-10/h8-13H,3-7H2,1-2H3. The second kappa shape index (κ2) is 3.97. The van der Waals surface area contributed by atoms with Crippen molar-refractivity contribution in [3.63, 3.8) is 0 Å². The molecule has 2 N–H and O–H groups in total. The second-order valence-corrected chi connectivity index (χ2v) is 4.87. The lowest BCUT2D eigenvalue weighted by Gasteiger charge is -2.44. The fraction of sp³-hybridized carbons (Fsp3) is 1.00. The zero-order valence-corrected chi connectivity index (χ0v) is 8.84. The summed E-state index contributed by atoms with van der Waals surface area (Å²) in [4.78, 5) is 0. The van der Waals surface area contributed by atoms with Crippen molar-refractivity contribution in [2.75, 3.05) is 13.1 Å². The van der Waals surface area contributed by atoms with Crippen molar-refractivity contribution >= 4 is 0 Å². The minimum absolute atomic E-state index is 0.793. The first-order valence-electron chi connectivity index (χ1n) is 5.74. The van der Waals surface area contributed by atoms with E-state index in [2.05, 4.69) is 24.5 Å². The fourth-order valence-electron chi connectivity index (χ4n) is 2.54. The van der Waals surface area contributed by atoms with E-state index in [1.807, 2.05) is 0 Å². The van der Waals surface area contributed by atoms with Crippen LogP contribution in [0.5, 0.6) is 0 Å². The van der Waals surface area contributed by atoms with Crippen LogP contribution in [0, 0.1) is 11.8 Å². The van der Waals surface area contributed by atoms with Crippen LogP contribution in [0.4, 0.5) is 0 Å². The molecule has 2 fully saturated rings. The SMILES string of the molecule is CC1CC(NC2CCNCC2)C1C. The number of rotatable bonds is 2. The average molecular weight is 182 g/mol. The van der Waals surface area contributed by atoms with Gasteiger partial charge in [-0.25, -0.2) is 0 Å². The zero-order chi connectivity index (χ0) is 9.26. The van der Waals surface area contributed by atoms with Crippen molar-refractivity contribution in [1.82, 2.24) is 10.6 Å².